The number of amides is 1. The summed E-state index contributed by atoms with van der Waals surface area (Å²) in [5, 5.41) is 3.08. The number of nitrogen functional groups attached to an aromatic ring is 1. The Morgan fingerprint density at radius 2 is 1.96 bits per heavy atom. The predicted molar refractivity (Wildman–Crippen MR) is 111 cm³/mol. The summed E-state index contributed by atoms with van der Waals surface area (Å²) in [5.74, 6) is -0.0999. The van der Waals surface area contributed by atoms with E-state index in [9.17, 15) is 4.79 Å². The van der Waals surface area contributed by atoms with Gasteiger partial charge >= 0.3 is 0 Å². The molecule has 3 aromatic rings. The third-order valence-corrected chi connectivity index (χ3v) is 5.81. The average molecular weight is 365 g/mol. The molecule has 0 unspecified atom stereocenters. The highest BCUT2D eigenvalue weighted by Gasteiger charge is 2.14. The van der Waals surface area contributed by atoms with E-state index in [-0.39, 0.29) is 11.9 Å². The van der Waals surface area contributed by atoms with Crippen molar-refractivity contribution in [1.29, 1.82) is 0 Å². The molecule has 3 rings (SSSR count). The van der Waals surface area contributed by atoms with Gasteiger partial charge < -0.3 is 11.1 Å². The Balaban J connectivity index is 1.79. The molecular formula is C22H24N2OS. The molecule has 0 aliphatic rings. The number of nitrogens with two attached hydrogens (primary N) is 1. The van der Waals surface area contributed by atoms with Gasteiger partial charge in [0.05, 0.1) is 6.04 Å². The van der Waals surface area contributed by atoms with Crippen LogP contribution in [-0.2, 0) is 6.42 Å². The second-order valence-corrected chi connectivity index (χ2v) is 7.68. The van der Waals surface area contributed by atoms with E-state index < -0.39 is 0 Å². The smallest absolute Gasteiger partial charge is 0.252 e. The number of thiophene rings is 1. The Bertz CT molecular complexity index is 929. The Morgan fingerprint density at radius 3 is 2.69 bits per heavy atom. The third-order valence-electron chi connectivity index (χ3n) is 4.54. The molecule has 26 heavy (non-hydrogen) atoms. The highest BCUT2D eigenvalue weighted by atomic mass is 32.1. The minimum Gasteiger partial charge on any atom is -0.399 e. The molecule has 134 valence electrons. The number of anilines is 1. The zero-order valence-electron chi connectivity index (χ0n) is 15.4. The lowest BCUT2D eigenvalue weighted by molar-refractivity contribution is 0.0939. The fourth-order valence-corrected chi connectivity index (χ4v) is 3.87. The number of aryl methyl sites for hydroxylation is 2. The van der Waals surface area contributed by atoms with Crippen molar-refractivity contribution in [3.63, 3.8) is 0 Å². The number of rotatable bonds is 5. The van der Waals surface area contributed by atoms with Gasteiger partial charge in [-0.3, -0.25) is 4.79 Å². The molecule has 0 spiro atoms. The zero-order valence-corrected chi connectivity index (χ0v) is 16.2. The van der Waals surface area contributed by atoms with Crippen LogP contribution in [0.1, 0.15) is 46.3 Å². The van der Waals surface area contributed by atoms with E-state index in [2.05, 4.69) is 42.6 Å². The number of hydrogen-bond donors (Lipinski definition) is 2. The van der Waals surface area contributed by atoms with Crippen LogP contribution < -0.4 is 11.1 Å². The summed E-state index contributed by atoms with van der Waals surface area (Å²) < 4.78 is 0. The molecule has 0 fully saturated rings. The molecule has 1 heterocycles. The molecule has 0 radical (unpaired) electrons. The van der Waals surface area contributed by atoms with Crippen molar-refractivity contribution in [2.75, 3.05) is 5.73 Å². The maximum Gasteiger partial charge on any atom is 0.252 e. The first-order valence-corrected chi connectivity index (χ1v) is 9.65. The Kier molecular flexibility index (Phi) is 5.43. The predicted octanol–water partition coefficient (Wildman–Crippen LogP) is 5.36. The van der Waals surface area contributed by atoms with Gasteiger partial charge in [0.15, 0.2) is 0 Å². The number of nitrogens with one attached hydrogen (secondary N) is 1. The molecule has 1 amide bonds. The lowest BCUT2D eigenvalue weighted by atomic mass is 10.0. The first kappa shape index (κ1) is 18.2. The number of hydrogen-bond acceptors (Lipinski definition) is 3. The molecular weight excluding hydrogens is 340 g/mol. The normalized spacial score (nSPS) is 12.0. The van der Waals surface area contributed by atoms with Crippen molar-refractivity contribution in [2.45, 2.75) is 33.2 Å². The van der Waals surface area contributed by atoms with Crippen LogP contribution in [0.5, 0.6) is 0 Å². The first-order chi connectivity index (χ1) is 12.5. The summed E-state index contributed by atoms with van der Waals surface area (Å²) in [6.07, 6.45) is 1.05. The number of carbonyl (C=O) groups is 1. The lowest BCUT2D eigenvalue weighted by Crippen LogP contribution is -2.27. The van der Waals surface area contributed by atoms with Crippen LogP contribution in [0.2, 0.25) is 0 Å². The third kappa shape index (κ3) is 3.97. The van der Waals surface area contributed by atoms with Crippen LogP contribution in [0.3, 0.4) is 0 Å². The SMILES string of the molecule is CCc1ccc(-c2cccc([C@@H](C)NC(=O)c3cc(N)ccc3C)c2)s1. The largest absolute Gasteiger partial charge is 0.399 e. The Morgan fingerprint density at radius 1 is 1.15 bits per heavy atom. The second kappa shape index (κ2) is 7.75. The van der Waals surface area contributed by atoms with Gasteiger partial charge in [0.1, 0.15) is 0 Å². The minimum atomic E-state index is -0.0999. The van der Waals surface area contributed by atoms with E-state index in [1.54, 1.807) is 6.07 Å². The maximum absolute atomic E-state index is 12.6. The van der Waals surface area contributed by atoms with Gasteiger partial charge in [-0.15, -0.1) is 11.3 Å². The van der Waals surface area contributed by atoms with Gasteiger partial charge in [0.2, 0.25) is 0 Å². The van der Waals surface area contributed by atoms with Crippen molar-refractivity contribution in [3.8, 4) is 10.4 Å². The molecule has 4 heteroatoms. The van der Waals surface area contributed by atoms with Crippen LogP contribution in [0.25, 0.3) is 10.4 Å². The molecule has 0 bridgehead atoms. The van der Waals surface area contributed by atoms with Crippen LogP contribution in [-0.4, -0.2) is 5.91 Å². The van der Waals surface area contributed by atoms with Crippen LogP contribution in [0, 0.1) is 6.92 Å². The van der Waals surface area contributed by atoms with E-state index in [1.807, 2.05) is 43.4 Å². The molecule has 0 aliphatic carbocycles. The summed E-state index contributed by atoms with van der Waals surface area (Å²) in [4.78, 5) is 15.3. The minimum absolute atomic E-state index is 0.0890. The quantitative estimate of drug-likeness (QED) is 0.599. The van der Waals surface area contributed by atoms with E-state index in [1.165, 1.54) is 15.3 Å². The Hall–Kier alpha value is -2.59. The van der Waals surface area contributed by atoms with E-state index in [0.717, 1.165) is 17.5 Å². The summed E-state index contributed by atoms with van der Waals surface area (Å²) in [6.45, 7) is 6.09. The van der Waals surface area contributed by atoms with Gasteiger partial charge in [-0.2, -0.15) is 0 Å². The van der Waals surface area contributed by atoms with E-state index in [0.29, 0.717) is 11.3 Å². The van der Waals surface area contributed by atoms with Crippen molar-refractivity contribution in [3.05, 3.63) is 76.2 Å². The highest BCUT2D eigenvalue weighted by Crippen LogP contribution is 2.30. The number of carbonyl (C=O) groups excluding carboxylic acids is 1. The van der Waals surface area contributed by atoms with E-state index in [4.69, 9.17) is 5.73 Å². The first-order valence-electron chi connectivity index (χ1n) is 8.84. The standard InChI is InChI=1S/C22H24N2OS/c1-4-19-10-11-21(26-19)17-7-5-6-16(12-17)15(3)24-22(25)20-13-18(23)9-8-14(20)2/h5-13,15H,4,23H2,1-3H3,(H,24,25)/t15-/m1/s1. The molecule has 2 aromatic carbocycles. The van der Waals surface area contributed by atoms with Gasteiger partial charge in [-0.05, 0) is 67.3 Å². The highest BCUT2D eigenvalue weighted by molar-refractivity contribution is 7.15. The fourth-order valence-electron chi connectivity index (χ4n) is 2.93. The topological polar surface area (TPSA) is 55.1 Å². The van der Waals surface area contributed by atoms with Crippen molar-refractivity contribution < 1.29 is 4.79 Å². The van der Waals surface area contributed by atoms with Gasteiger partial charge in [0.25, 0.3) is 5.91 Å². The summed E-state index contributed by atoms with van der Waals surface area (Å²) in [5.41, 5.74) is 10.2. The molecule has 3 N–H and O–H groups in total. The molecule has 0 saturated heterocycles. The van der Waals surface area contributed by atoms with E-state index >= 15 is 0 Å². The lowest BCUT2D eigenvalue weighted by Gasteiger charge is -2.16. The zero-order chi connectivity index (χ0) is 18.7. The monoisotopic (exact) mass is 364 g/mol. The second-order valence-electron chi connectivity index (χ2n) is 6.51. The summed E-state index contributed by atoms with van der Waals surface area (Å²) in [6, 6.07) is 18.0. The fraction of sp³-hybridized carbons (Fsp3) is 0.227. The van der Waals surface area contributed by atoms with Crippen molar-refractivity contribution >= 4 is 22.9 Å². The van der Waals surface area contributed by atoms with Crippen LogP contribution in [0.15, 0.2) is 54.6 Å². The van der Waals surface area contributed by atoms with Gasteiger partial charge in [-0.1, -0.05) is 31.2 Å². The van der Waals surface area contributed by atoms with Crippen molar-refractivity contribution in [1.82, 2.24) is 5.32 Å². The average Bonchev–Trinajstić information content (AvgIpc) is 3.13. The molecule has 1 aromatic heterocycles. The summed E-state index contributed by atoms with van der Waals surface area (Å²) >= 11 is 1.82. The molecule has 3 nitrogen and oxygen atoms in total. The Labute approximate surface area is 158 Å². The van der Waals surface area contributed by atoms with Crippen LogP contribution in [0.4, 0.5) is 5.69 Å². The maximum atomic E-state index is 12.6. The molecule has 0 saturated carbocycles. The molecule has 1 atom stereocenters. The van der Waals surface area contributed by atoms with Crippen LogP contribution >= 0.6 is 11.3 Å². The molecule has 0 aliphatic heterocycles. The van der Waals surface area contributed by atoms with Gasteiger partial charge in [0, 0.05) is 21.0 Å². The van der Waals surface area contributed by atoms with Gasteiger partial charge in [-0.25, -0.2) is 0 Å². The van der Waals surface area contributed by atoms with Crippen molar-refractivity contribution in [2.24, 2.45) is 0 Å². The summed E-state index contributed by atoms with van der Waals surface area (Å²) in [7, 11) is 0. The number of benzene rings is 2.